The number of pyridine rings is 1. The molecule has 3 rings (SSSR count). The van der Waals surface area contributed by atoms with Crippen LogP contribution in [0.5, 0.6) is 0 Å². The number of anilines is 1. The normalized spacial score (nSPS) is 10.6. The first-order chi connectivity index (χ1) is 11.6. The van der Waals surface area contributed by atoms with Gasteiger partial charge in [-0.2, -0.15) is 0 Å². The summed E-state index contributed by atoms with van der Waals surface area (Å²) in [5.74, 6) is -1.13. The lowest BCUT2D eigenvalue weighted by atomic mass is 10.1. The largest absolute Gasteiger partial charge is 0.450 e. The van der Waals surface area contributed by atoms with Crippen molar-refractivity contribution in [2.24, 2.45) is 0 Å². The maximum atomic E-state index is 12.1. The van der Waals surface area contributed by atoms with Crippen molar-refractivity contribution >= 4 is 40.1 Å². The minimum Gasteiger partial charge on any atom is -0.450 e. The van der Waals surface area contributed by atoms with Crippen LogP contribution in [-0.2, 0) is 9.53 Å². The molecule has 0 fully saturated rings. The van der Waals surface area contributed by atoms with E-state index in [0.717, 1.165) is 5.39 Å². The first-order valence-corrected chi connectivity index (χ1v) is 7.49. The van der Waals surface area contributed by atoms with Crippen molar-refractivity contribution in [2.75, 3.05) is 11.9 Å². The summed E-state index contributed by atoms with van der Waals surface area (Å²) in [4.78, 5) is 27.8. The summed E-state index contributed by atoms with van der Waals surface area (Å²) in [6.07, 6.45) is 1.50. The molecule has 1 amide bonds. The first-order valence-electron chi connectivity index (χ1n) is 7.12. The van der Waals surface area contributed by atoms with Gasteiger partial charge in [0.2, 0.25) is 5.76 Å². The lowest BCUT2D eigenvalue weighted by Gasteiger charge is -2.06. The van der Waals surface area contributed by atoms with Crippen molar-refractivity contribution in [1.29, 1.82) is 0 Å². The van der Waals surface area contributed by atoms with E-state index >= 15 is 0 Å². The predicted octanol–water partition coefficient (Wildman–Crippen LogP) is 3.59. The Kier molecular flexibility index (Phi) is 4.48. The molecule has 7 heteroatoms. The Bertz CT molecular complexity index is 920. The molecule has 0 saturated carbocycles. The molecule has 0 unspecified atom stereocenters. The number of amides is 1. The third-order valence-electron chi connectivity index (χ3n) is 3.40. The quantitative estimate of drug-likeness (QED) is 0.578. The van der Waals surface area contributed by atoms with Gasteiger partial charge in [-0.15, -0.1) is 0 Å². The number of para-hydroxylation sites is 1. The number of carbonyl (C=O) groups is 2. The number of esters is 1. The number of furan rings is 1. The smallest absolute Gasteiger partial charge is 0.375 e. The number of hydrogen-bond donors (Lipinski definition) is 1. The van der Waals surface area contributed by atoms with Crippen molar-refractivity contribution in [3.8, 4) is 0 Å². The molecule has 122 valence electrons. The molecule has 0 radical (unpaired) electrons. The highest BCUT2D eigenvalue weighted by Gasteiger charge is 2.20. The number of halogens is 1. The summed E-state index contributed by atoms with van der Waals surface area (Å²) in [6.45, 7) is 1.30. The molecular weight excluding hydrogens is 332 g/mol. The fraction of sp³-hybridized carbons (Fsp3) is 0.118. The van der Waals surface area contributed by atoms with Gasteiger partial charge in [0.1, 0.15) is 5.58 Å². The van der Waals surface area contributed by atoms with Gasteiger partial charge in [0.25, 0.3) is 5.91 Å². The van der Waals surface area contributed by atoms with Crippen molar-refractivity contribution in [1.82, 2.24) is 4.98 Å². The third-order valence-corrected chi connectivity index (χ3v) is 3.70. The number of nitrogens with one attached hydrogen (secondary N) is 1. The average Bonchev–Trinajstić information content (AvgIpc) is 2.92. The Balaban J connectivity index is 1.65. The molecule has 1 aromatic carbocycles. The zero-order chi connectivity index (χ0) is 17.1. The predicted molar refractivity (Wildman–Crippen MR) is 89.1 cm³/mol. The van der Waals surface area contributed by atoms with E-state index in [1.54, 1.807) is 25.1 Å². The topological polar surface area (TPSA) is 81.4 Å². The molecule has 1 N–H and O–H groups in total. The molecule has 0 aliphatic rings. The van der Waals surface area contributed by atoms with Crippen molar-refractivity contribution in [3.63, 3.8) is 0 Å². The second kappa shape index (κ2) is 6.72. The Morgan fingerprint density at radius 3 is 2.79 bits per heavy atom. The van der Waals surface area contributed by atoms with Gasteiger partial charge in [-0.25, -0.2) is 9.78 Å². The van der Waals surface area contributed by atoms with Crippen molar-refractivity contribution < 1.29 is 18.7 Å². The molecule has 0 aliphatic carbocycles. The first kappa shape index (κ1) is 16.0. The van der Waals surface area contributed by atoms with Crippen LogP contribution >= 0.6 is 11.6 Å². The van der Waals surface area contributed by atoms with Crippen LogP contribution < -0.4 is 5.32 Å². The van der Waals surface area contributed by atoms with Gasteiger partial charge in [0.05, 0.1) is 5.69 Å². The van der Waals surface area contributed by atoms with E-state index in [1.165, 1.54) is 6.20 Å². The number of benzene rings is 1. The van der Waals surface area contributed by atoms with Crippen molar-refractivity contribution in [2.45, 2.75) is 6.92 Å². The molecule has 0 aliphatic heterocycles. The Morgan fingerprint density at radius 2 is 2.04 bits per heavy atom. The Morgan fingerprint density at radius 1 is 1.25 bits per heavy atom. The zero-order valence-corrected chi connectivity index (χ0v) is 13.5. The monoisotopic (exact) mass is 344 g/mol. The van der Waals surface area contributed by atoms with Gasteiger partial charge in [-0.05, 0) is 25.1 Å². The summed E-state index contributed by atoms with van der Waals surface area (Å²) in [6, 6.07) is 10.5. The van der Waals surface area contributed by atoms with Crippen LogP contribution in [0.3, 0.4) is 0 Å². The van der Waals surface area contributed by atoms with Crippen LogP contribution in [-0.4, -0.2) is 23.5 Å². The number of hydrogen-bond acceptors (Lipinski definition) is 5. The number of carbonyl (C=O) groups excluding carboxylic acids is 2. The van der Waals surface area contributed by atoms with E-state index in [2.05, 4.69) is 10.3 Å². The van der Waals surface area contributed by atoms with Crippen LogP contribution in [0.15, 0.2) is 47.0 Å². The number of fused-ring (bicyclic) bond motifs is 1. The SMILES string of the molecule is Cc1c(C(=O)OCC(=O)Nc2cccnc2Cl)oc2ccccc12. The number of aryl methyl sites for hydroxylation is 1. The maximum absolute atomic E-state index is 12.1. The van der Waals surface area contributed by atoms with E-state index in [9.17, 15) is 9.59 Å². The molecular formula is C17H13ClN2O4. The lowest BCUT2D eigenvalue weighted by Crippen LogP contribution is -2.21. The molecule has 0 atom stereocenters. The molecule has 0 saturated heterocycles. The molecule has 0 bridgehead atoms. The second-order valence-electron chi connectivity index (χ2n) is 5.02. The summed E-state index contributed by atoms with van der Waals surface area (Å²) < 4.78 is 10.5. The Hall–Kier alpha value is -2.86. The van der Waals surface area contributed by atoms with E-state index < -0.39 is 18.5 Å². The molecule has 0 spiro atoms. The summed E-state index contributed by atoms with van der Waals surface area (Å²) in [7, 11) is 0. The van der Waals surface area contributed by atoms with Gasteiger partial charge in [-0.1, -0.05) is 29.8 Å². The third kappa shape index (κ3) is 3.23. The highest BCUT2D eigenvalue weighted by molar-refractivity contribution is 6.32. The average molecular weight is 345 g/mol. The number of ether oxygens (including phenoxy) is 1. The van der Waals surface area contributed by atoms with Crippen LogP contribution in [0.1, 0.15) is 16.1 Å². The fourth-order valence-corrected chi connectivity index (χ4v) is 2.40. The second-order valence-corrected chi connectivity index (χ2v) is 5.38. The van der Waals surface area contributed by atoms with Gasteiger partial charge < -0.3 is 14.5 Å². The van der Waals surface area contributed by atoms with E-state index in [-0.39, 0.29) is 10.9 Å². The molecule has 3 aromatic rings. The highest BCUT2D eigenvalue weighted by Crippen LogP contribution is 2.25. The summed E-state index contributed by atoms with van der Waals surface area (Å²) >= 11 is 5.84. The lowest BCUT2D eigenvalue weighted by molar-refractivity contribution is -0.119. The molecule has 6 nitrogen and oxygen atoms in total. The number of aromatic nitrogens is 1. The standard InChI is InChI=1S/C17H13ClN2O4/c1-10-11-5-2-3-7-13(11)24-15(10)17(22)23-9-14(21)20-12-6-4-8-19-16(12)18/h2-8H,9H2,1H3,(H,20,21). The zero-order valence-electron chi connectivity index (χ0n) is 12.7. The van der Waals surface area contributed by atoms with Crippen LogP contribution in [0.2, 0.25) is 5.15 Å². The van der Waals surface area contributed by atoms with Crippen LogP contribution in [0, 0.1) is 6.92 Å². The minimum atomic E-state index is -0.698. The summed E-state index contributed by atoms with van der Waals surface area (Å²) in [5, 5.41) is 3.50. The van der Waals surface area contributed by atoms with Gasteiger partial charge in [-0.3, -0.25) is 4.79 Å². The number of nitrogens with zero attached hydrogens (tertiary/aromatic N) is 1. The fourth-order valence-electron chi connectivity index (χ4n) is 2.23. The van der Waals surface area contributed by atoms with Crippen molar-refractivity contribution in [3.05, 3.63) is 59.1 Å². The van der Waals surface area contributed by atoms with Gasteiger partial charge in [0, 0.05) is 17.1 Å². The van der Waals surface area contributed by atoms with Crippen LogP contribution in [0.4, 0.5) is 5.69 Å². The maximum Gasteiger partial charge on any atom is 0.375 e. The minimum absolute atomic E-state index is 0.0865. The van der Waals surface area contributed by atoms with Crippen LogP contribution in [0.25, 0.3) is 11.0 Å². The Labute approximate surface area is 142 Å². The van der Waals surface area contributed by atoms with E-state index in [4.69, 9.17) is 20.8 Å². The van der Waals surface area contributed by atoms with Gasteiger partial charge >= 0.3 is 5.97 Å². The highest BCUT2D eigenvalue weighted by atomic mass is 35.5. The molecule has 24 heavy (non-hydrogen) atoms. The van der Waals surface area contributed by atoms with E-state index in [0.29, 0.717) is 16.8 Å². The van der Waals surface area contributed by atoms with E-state index in [1.807, 2.05) is 18.2 Å². The number of rotatable bonds is 4. The van der Waals surface area contributed by atoms with Gasteiger partial charge in [0.15, 0.2) is 11.8 Å². The molecule has 2 heterocycles. The summed E-state index contributed by atoms with van der Waals surface area (Å²) in [5.41, 5.74) is 1.61. The molecule has 2 aromatic heterocycles.